The maximum atomic E-state index is 13.2. The number of aromatic nitrogens is 2. The predicted octanol–water partition coefficient (Wildman–Crippen LogP) is 3.03. The summed E-state index contributed by atoms with van der Waals surface area (Å²) in [6, 6.07) is 4.05. The van der Waals surface area contributed by atoms with Gasteiger partial charge >= 0.3 is 0 Å². The third-order valence-electron chi connectivity index (χ3n) is 5.30. The molecule has 2 aromatic heterocycles. The molecule has 0 radical (unpaired) electrons. The number of hydrogen-bond acceptors (Lipinski definition) is 4. The molecule has 1 saturated heterocycles. The van der Waals surface area contributed by atoms with Gasteiger partial charge in [-0.1, -0.05) is 18.0 Å². The summed E-state index contributed by atoms with van der Waals surface area (Å²) in [5, 5.41) is 4.10. The van der Waals surface area contributed by atoms with Crippen LogP contribution in [0.2, 0.25) is 0 Å². The third-order valence-corrected chi connectivity index (χ3v) is 5.30. The summed E-state index contributed by atoms with van der Waals surface area (Å²) in [5.41, 5.74) is 2.65. The fraction of sp³-hybridized carbons (Fsp3) is 0.579. The summed E-state index contributed by atoms with van der Waals surface area (Å²) in [6.07, 6.45) is 3.64. The Bertz CT molecular complexity index is 788. The molecule has 2 aliphatic rings. The van der Waals surface area contributed by atoms with Crippen LogP contribution in [-0.4, -0.2) is 46.3 Å². The zero-order valence-corrected chi connectivity index (χ0v) is 15.1. The topological polar surface area (TPSA) is 60.5 Å². The van der Waals surface area contributed by atoms with Gasteiger partial charge in [0.05, 0.1) is 24.8 Å². The largest absolute Gasteiger partial charge is 0.377 e. The molecule has 0 aromatic carbocycles. The second kappa shape index (κ2) is 6.33. The molecular formula is C19H25N3O3. The highest BCUT2D eigenvalue weighted by atomic mass is 16.5. The summed E-state index contributed by atoms with van der Waals surface area (Å²) >= 11 is 0. The second-order valence-corrected chi connectivity index (χ2v) is 7.32. The fourth-order valence-corrected chi connectivity index (χ4v) is 3.80. The standard InChI is InChI=1S/C19H25N3O3/c1-12-8-17(14(3)22(12)18-9-13(2)25-20-18)19(23)21-6-7-24-11-16(21)10-15-4-5-15/h8-9,15-16H,4-7,10-11H2,1-3H3. The van der Waals surface area contributed by atoms with E-state index >= 15 is 0 Å². The van der Waals surface area contributed by atoms with Crippen LogP contribution in [0.1, 0.15) is 46.8 Å². The molecular weight excluding hydrogens is 318 g/mol. The van der Waals surface area contributed by atoms with Crippen molar-refractivity contribution in [1.29, 1.82) is 0 Å². The van der Waals surface area contributed by atoms with Crippen molar-refractivity contribution >= 4 is 5.91 Å². The maximum absolute atomic E-state index is 13.2. The van der Waals surface area contributed by atoms with Crippen LogP contribution in [-0.2, 0) is 4.74 Å². The first-order chi connectivity index (χ1) is 12.0. The monoisotopic (exact) mass is 343 g/mol. The van der Waals surface area contributed by atoms with E-state index in [1.807, 2.05) is 42.4 Å². The molecule has 1 unspecified atom stereocenters. The van der Waals surface area contributed by atoms with Crippen molar-refractivity contribution in [1.82, 2.24) is 14.6 Å². The Morgan fingerprint density at radius 2 is 2.08 bits per heavy atom. The summed E-state index contributed by atoms with van der Waals surface area (Å²) in [5.74, 6) is 2.36. The molecule has 3 heterocycles. The van der Waals surface area contributed by atoms with Crippen LogP contribution in [0, 0.1) is 26.7 Å². The van der Waals surface area contributed by atoms with E-state index in [1.165, 1.54) is 12.8 Å². The van der Waals surface area contributed by atoms with Crippen molar-refractivity contribution in [3.05, 3.63) is 34.8 Å². The van der Waals surface area contributed by atoms with Crippen molar-refractivity contribution in [2.24, 2.45) is 5.92 Å². The van der Waals surface area contributed by atoms with Gasteiger partial charge in [0.25, 0.3) is 5.91 Å². The average molecular weight is 343 g/mol. The molecule has 0 N–H and O–H groups in total. The Morgan fingerprint density at radius 1 is 1.28 bits per heavy atom. The van der Waals surface area contributed by atoms with Gasteiger partial charge < -0.3 is 14.2 Å². The van der Waals surface area contributed by atoms with Gasteiger partial charge in [-0.15, -0.1) is 0 Å². The highest BCUT2D eigenvalue weighted by Gasteiger charge is 2.34. The molecule has 1 aliphatic carbocycles. The lowest BCUT2D eigenvalue weighted by molar-refractivity contribution is -0.00573. The Morgan fingerprint density at radius 3 is 2.76 bits per heavy atom. The molecule has 134 valence electrons. The number of aryl methyl sites for hydroxylation is 2. The van der Waals surface area contributed by atoms with Crippen LogP contribution in [0.25, 0.3) is 5.82 Å². The summed E-state index contributed by atoms with van der Waals surface area (Å²) < 4.78 is 12.8. The third kappa shape index (κ3) is 3.11. The first-order valence-corrected chi connectivity index (χ1v) is 9.06. The van der Waals surface area contributed by atoms with Crippen LogP contribution in [0.3, 0.4) is 0 Å². The van der Waals surface area contributed by atoms with Crippen LogP contribution < -0.4 is 0 Å². The van der Waals surface area contributed by atoms with E-state index in [2.05, 4.69) is 5.16 Å². The SMILES string of the molecule is Cc1cc(-n2c(C)cc(C(=O)N3CCOCC3CC3CC3)c2C)no1. The molecule has 6 heteroatoms. The van der Waals surface area contributed by atoms with Gasteiger partial charge in [0.2, 0.25) is 0 Å². The summed E-state index contributed by atoms with van der Waals surface area (Å²) in [6.45, 7) is 7.78. The molecule has 4 rings (SSSR count). The van der Waals surface area contributed by atoms with Crippen molar-refractivity contribution in [2.45, 2.75) is 46.1 Å². The van der Waals surface area contributed by atoms with E-state index in [1.54, 1.807) is 0 Å². The number of morpholine rings is 1. The minimum Gasteiger partial charge on any atom is -0.377 e. The van der Waals surface area contributed by atoms with E-state index in [-0.39, 0.29) is 11.9 Å². The van der Waals surface area contributed by atoms with Gasteiger partial charge in [0.1, 0.15) is 5.76 Å². The smallest absolute Gasteiger partial charge is 0.256 e. The molecule has 1 amide bonds. The molecule has 0 spiro atoms. The van der Waals surface area contributed by atoms with Crippen molar-refractivity contribution in [3.63, 3.8) is 0 Å². The highest BCUT2D eigenvalue weighted by Crippen LogP contribution is 2.35. The average Bonchev–Trinajstić information content (AvgIpc) is 3.23. The summed E-state index contributed by atoms with van der Waals surface area (Å²) in [4.78, 5) is 15.3. The maximum Gasteiger partial charge on any atom is 0.256 e. The lowest BCUT2D eigenvalue weighted by Crippen LogP contribution is -2.49. The first-order valence-electron chi connectivity index (χ1n) is 9.06. The van der Waals surface area contributed by atoms with Crippen LogP contribution in [0.15, 0.2) is 16.7 Å². The Labute approximate surface area is 147 Å². The quantitative estimate of drug-likeness (QED) is 0.856. The van der Waals surface area contributed by atoms with Crippen molar-refractivity contribution < 1.29 is 14.1 Å². The van der Waals surface area contributed by atoms with Crippen molar-refractivity contribution in [2.75, 3.05) is 19.8 Å². The molecule has 25 heavy (non-hydrogen) atoms. The van der Waals surface area contributed by atoms with Gasteiger partial charge in [-0.25, -0.2) is 0 Å². The number of carbonyl (C=O) groups is 1. The number of ether oxygens (including phenoxy) is 1. The fourth-order valence-electron chi connectivity index (χ4n) is 3.80. The molecule has 2 fully saturated rings. The second-order valence-electron chi connectivity index (χ2n) is 7.32. The Hall–Kier alpha value is -2.08. The lowest BCUT2D eigenvalue weighted by atomic mass is 10.1. The number of rotatable bonds is 4. The highest BCUT2D eigenvalue weighted by molar-refractivity contribution is 5.96. The number of hydrogen-bond donors (Lipinski definition) is 0. The number of carbonyl (C=O) groups excluding carboxylic acids is 1. The molecule has 1 saturated carbocycles. The van der Waals surface area contributed by atoms with E-state index in [4.69, 9.17) is 9.26 Å². The molecule has 1 atom stereocenters. The molecule has 1 aliphatic heterocycles. The summed E-state index contributed by atoms with van der Waals surface area (Å²) in [7, 11) is 0. The van der Waals surface area contributed by atoms with Crippen molar-refractivity contribution in [3.8, 4) is 5.82 Å². The first kappa shape index (κ1) is 16.4. The zero-order valence-electron chi connectivity index (χ0n) is 15.1. The Balaban J connectivity index is 1.63. The number of nitrogens with zero attached hydrogens (tertiary/aromatic N) is 3. The van der Waals surface area contributed by atoms with E-state index < -0.39 is 0 Å². The van der Waals surface area contributed by atoms with E-state index in [9.17, 15) is 4.79 Å². The minimum atomic E-state index is 0.105. The van der Waals surface area contributed by atoms with Gasteiger partial charge in [-0.05, 0) is 39.2 Å². The Kier molecular flexibility index (Phi) is 4.15. The van der Waals surface area contributed by atoms with Crippen LogP contribution >= 0.6 is 0 Å². The van der Waals surface area contributed by atoms with Gasteiger partial charge in [-0.3, -0.25) is 9.36 Å². The molecule has 2 aromatic rings. The van der Waals surface area contributed by atoms with E-state index in [0.717, 1.165) is 40.9 Å². The number of amides is 1. The normalized spacial score (nSPS) is 20.9. The van der Waals surface area contributed by atoms with Crippen LogP contribution in [0.5, 0.6) is 0 Å². The molecule has 0 bridgehead atoms. The van der Waals surface area contributed by atoms with Gasteiger partial charge in [0, 0.05) is 24.0 Å². The van der Waals surface area contributed by atoms with Gasteiger partial charge in [-0.2, -0.15) is 0 Å². The van der Waals surface area contributed by atoms with Gasteiger partial charge in [0.15, 0.2) is 5.82 Å². The molecule has 6 nitrogen and oxygen atoms in total. The van der Waals surface area contributed by atoms with E-state index in [0.29, 0.717) is 19.8 Å². The minimum absolute atomic E-state index is 0.105. The lowest BCUT2D eigenvalue weighted by Gasteiger charge is -2.36. The predicted molar refractivity (Wildman–Crippen MR) is 93.0 cm³/mol. The van der Waals surface area contributed by atoms with Crippen LogP contribution in [0.4, 0.5) is 0 Å². The zero-order chi connectivity index (χ0) is 17.6.